The molecule has 18 heavy (non-hydrogen) atoms. The fourth-order valence-corrected chi connectivity index (χ4v) is 2.19. The summed E-state index contributed by atoms with van der Waals surface area (Å²) in [5, 5.41) is 3.35. The van der Waals surface area contributed by atoms with Crippen LogP contribution in [-0.2, 0) is 4.74 Å². The van der Waals surface area contributed by atoms with E-state index in [9.17, 15) is 0 Å². The Hall–Kier alpha value is -0.580. The van der Waals surface area contributed by atoms with Crippen molar-refractivity contribution in [1.82, 2.24) is 5.32 Å². The molecule has 1 aromatic carbocycles. The van der Waals surface area contributed by atoms with E-state index in [0.29, 0.717) is 0 Å². The second kappa shape index (κ2) is 8.51. The number of rotatable bonds is 8. The van der Waals surface area contributed by atoms with Crippen molar-refractivity contribution in [2.45, 2.75) is 26.4 Å². The van der Waals surface area contributed by atoms with E-state index >= 15 is 0 Å². The molecule has 0 heterocycles. The maximum Gasteiger partial charge on any atom is 0.133 e. The molecule has 1 unspecified atom stereocenters. The summed E-state index contributed by atoms with van der Waals surface area (Å²) in [6.07, 6.45) is 1.17. The normalized spacial score (nSPS) is 12.4. The molecule has 102 valence electrons. The third kappa shape index (κ3) is 5.85. The van der Waals surface area contributed by atoms with E-state index in [4.69, 9.17) is 9.47 Å². The van der Waals surface area contributed by atoms with Crippen LogP contribution in [0, 0.1) is 6.92 Å². The lowest BCUT2D eigenvalue weighted by atomic mass is 10.2. The van der Waals surface area contributed by atoms with Gasteiger partial charge in [0.25, 0.3) is 0 Å². The molecular formula is C14H22BrNO2. The standard InChI is InChI=1S/C14H22BrNO2/c1-11-5-6-14(13(15)9-11)18-12(2)10-16-7-4-8-17-3/h5-6,9,12,16H,4,7-8,10H2,1-3H3. The second-order valence-corrected chi connectivity index (χ2v) is 5.27. The lowest BCUT2D eigenvalue weighted by Gasteiger charge is -2.16. The lowest BCUT2D eigenvalue weighted by molar-refractivity contribution is 0.188. The minimum absolute atomic E-state index is 0.145. The Bertz CT molecular complexity index is 358. The number of hydrogen-bond acceptors (Lipinski definition) is 3. The number of methoxy groups -OCH3 is 1. The molecule has 0 aliphatic rings. The molecule has 0 spiro atoms. The van der Waals surface area contributed by atoms with Crippen molar-refractivity contribution >= 4 is 15.9 Å². The summed E-state index contributed by atoms with van der Waals surface area (Å²) in [5.41, 5.74) is 1.22. The first-order chi connectivity index (χ1) is 8.63. The molecule has 4 heteroatoms. The summed E-state index contributed by atoms with van der Waals surface area (Å²) in [6.45, 7) is 6.72. The van der Waals surface area contributed by atoms with Crippen LogP contribution in [0.1, 0.15) is 18.9 Å². The molecule has 0 fully saturated rings. The molecule has 0 amide bonds. The topological polar surface area (TPSA) is 30.5 Å². The molecule has 0 aliphatic carbocycles. The fraction of sp³-hybridized carbons (Fsp3) is 0.571. The summed E-state index contributed by atoms with van der Waals surface area (Å²) in [4.78, 5) is 0. The molecule has 0 aliphatic heterocycles. The Balaban J connectivity index is 2.28. The van der Waals surface area contributed by atoms with Crippen LogP contribution in [0.2, 0.25) is 0 Å². The number of hydrogen-bond donors (Lipinski definition) is 1. The van der Waals surface area contributed by atoms with Crippen LogP contribution in [0.3, 0.4) is 0 Å². The number of aryl methyl sites for hydroxylation is 1. The van der Waals surface area contributed by atoms with E-state index in [1.54, 1.807) is 7.11 Å². The molecule has 3 nitrogen and oxygen atoms in total. The van der Waals surface area contributed by atoms with Crippen molar-refractivity contribution in [1.29, 1.82) is 0 Å². The van der Waals surface area contributed by atoms with E-state index < -0.39 is 0 Å². The molecular weight excluding hydrogens is 294 g/mol. The number of benzene rings is 1. The Labute approximate surface area is 118 Å². The van der Waals surface area contributed by atoms with Crippen molar-refractivity contribution in [2.24, 2.45) is 0 Å². The predicted octanol–water partition coefficient (Wildman–Crippen LogP) is 3.15. The van der Waals surface area contributed by atoms with E-state index in [1.165, 1.54) is 5.56 Å². The van der Waals surface area contributed by atoms with Crippen LogP contribution >= 0.6 is 15.9 Å². The van der Waals surface area contributed by atoms with Crippen molar-refractivity contribution in [3.05, 3.63) is 28.2 Å². The Morgan fingerprint density at radius 1 is 1.39 bits per heavy atom. The first-order valence-electron chi connectivity index (χ1n) is 6.26. The van der Waals surface area contributed by atoms with Gasteiger partial charge in [-0.05, 0) is 60.4 Å². The number of nitrogens with one attached hydrogen (secondary N) is 1. The summed E-state index contributed by atoms with van der Waals surface area (Å²) >= 11 is 3.52. The zero-order valence-electron chi connectivity index (χ0n) is 11.3. The van der Waals surface area contributed by atoms with Gasteiger partial charge in [-0.1, -0.05) is 6.07 Å². The highest BCUT2D eigenvalue weighted by molar-refractivity contribution is 9.10. The second-order valence-electron chi connectivity index (χ2n) is 4.41. The Morgan fingerprint density at radius 2 is 2.17 bits per heavy atom. The molecule has 1 rings (SSSR count). The van der Waals surface area contributed by atoms with Gasteiger partial charge in [0.15, 0.2) is 0 Å². The molecule has 0 saturated carbocycles. The van der Waals surface area contributed by atoms with Crippen LogP contribution in [-0.4, -0.2) is 32.9 Å². The summed E-state index contributed by atoms with van der Waals surface area (Å²) in [5.74, 6) is 0.895. The maximum atomic E-state index is 5.87. The molecule has 0 radical (unpaired) electrons. The first-order valence-corrected chi connectivity index (χ1v) is 7.05. The largest absolute Gasteiger partial charge is 0.488 e. The molecule has 0 bridgehead atoms. The van der Waals surface area contributed by atoms with Crippen LogP contribution in [0.5, 0.6) is 5.75 Å². The van der Waals surface area contributed by atoms with Gasteiger partial charge in [0.2, 0.25) is 0 Å². The highest BCUT2D eigenvalue weighted by Gasteiger charge is 2.06. The zero-order valence-corrected chi connectivity index (χ0v) is 12.9. The van der Waals surface area contributed by atoms with Gasteiger partial charge in [0, 0.05) is 20.3 Å². The van der Waals surface area contributed by atoms with Crippen LogP contribution in [0.15, 0.2) is 22.7 Å². The maximum absolute atomic E-state index is 5.87. The van der Waals surface area contributed by atoms with Gasteiger partial charge in [-0.25, -0.2) is 0 Å². The van der Waals surface area contributed by atoms with E-state index in [2.05, 4.69) is 47.2 Å². The number of ether oxygens (including phenoxy) is 2. The van der Waals surface area contributed by atoms with Crippen LogP contribution in [0.4, 0.5) is 0 Å². The molecule has 1 N–H and O–H groups in total. The third-order valence-corrected chi connectivity index (χ3v) is 3.17. The van der Waals surface area contributed by atoms with Crippen molar-refractivity contribution < 1.29 is 9.47 Å². The van der Waals surface area contributed by atoms with Crippen LogP contribution in [0.25, 0.3) is 0 Å². The molecule has 0 aromatic heterocycles. The highest BCUT2D eigenvalue weighted by atomic mass is 79.9. The average Bonchev–Trinajstić information content (AvgIpc) is 2.32. The van der Waals surface area contributed by atoms with Crippen LogP contribution < -0.4 is 10.1 Å². The summed E-state index contributed by atoms with van der Waals surface area (Å²) in [6, 6.07) is 6.12. The lowest BCUT2D eigenvalue weighted by Crippen LogP contribution is -2.30. The smallest absolute Gasteiger partial charge is 0.133 e. The predicted molar refractivity (Wildman–Crippen MR) is 78.3 cm³/mol. The van der Waals surface area contributed by atoms with E-state index in [0.717, 1.165) is 36.3 Å². The van der Waals surface area contributed by atoms with E-state index in [-0.39, 0.29) is 6.10 Å². The highest BCUT2D eigenvalue weighted by Crippen LogP contribution is 2.26. The quantitative estimate of drug-likeness (QED) is 0.747. The average molecular weight is 316 g/mol. The molecule has 1 atom stereocenters. The van der Waals surface area contributed by atoms with Crippen molar-refractivity contribution in [3.8, 4) is 5.75 Å². The van der Waals surface area contributed by atoms with Gasteiger partial charge in [-0.3, -0.25) is 0 Å². The zero-order chi connectivity index (χ0) is 13.4. The molecule has 0 saturated heterocycles. The van der Waals surface area contributed by atoms with Crippen molar-refractivity contribution in [2.75, 3.05) is 26.8 Å². The Kier molecular flexibility index (Phi) is 7.32. The first kappa shape index (κ1) is 15.5. The van der Waals surface area contributed by atoms with Gasteiger partial charge in [-0.2, -0.15) is 0 Å². The van der Waals surface area contributed by atoms with Gasteiger partial charge in [0.05, 0.1) is 4.47 Å². The third-order valence-electron chi connectivity index (χ3n) is 2.55. The minimum atomic E-state index is 0.145. The number of halogens is 1. The fourth-order valence-electron chi connectivity index (χ4n) is 1.61. The van der Waals surface area contributed by atoms with Gasteiger partial charge in [-0.15, -0.1) is 0 Å². The van der Waals surface area contributed by atoms with E-state index in [1.807, 2.05) is 6.07 Å². The summed E-state index contributed by atoms with van der Waals surface area (Å²) in [7, 11) is 1.72. The Morgan fingerprint density at radius 3 is 2.83 bits per heavy atom. The SMILES string of the molecule is COCCCNCC(C)Oc1ccc(C)cc1Br. The van der Waals surface area contributed by atoms with Gasteiger partial charge >= 0.3 is 0 Å². The van der Waals surface area contributed by atoms with Gasteiger partial charge in [0.1, 0.15) is 11.9 Å². The van der Waals surface area contributed by atoms with Crippen molar-refractivity contribution in [3.63, 3.8) is 0 Å². The minimum Gasteiger partial charge on any atom is -0.488 e. The monoisotopic (exact) mass is 315 g/mol. The summed E-state index contributed by atoms with van der Waals surface area (Å²) < 4.78 is 11.9. The van der Waals surface area contributed by atoms with Gasteiger partial charge < -0.3 is 14.8 Å². The molecule has 1 aromatic rings.